The first-order valence-electron chi connectivity index (χ1n) is 6.92. The quantitative estimate of drug-likeness (QED) is 0.941. The minimum absolute atomic E-state index is 0.301. The van der Waals surface area contributed by atoms with Crippen molar-refractivity contribution >= 4 is 10.0 Å². The van der Waals surface area contributed by atoms with Gasteiger partial charge in [0.25, 0.3) is 0 Å². The molecule has 2 rings (SSSR count). The first-order chi connectivity index (χ1) is 9.79. The molecule has 0 aliphatic heterocycles. The zero-order valence-corrected chi connectivity index (χ0v) is 13.7. The number of sulfonamides is 1. The summed E-state index contributed by atoms with van der Waals surface area (Å²) in [6, 6.07) is 11.6. The second-order valence-electron chi connectivity index (χ2n) is 5.54. The maximum Gasteiger partial charge on any atom is 0.241 e. The van der Waals surface area contributed by atoms with Crippen molar-refractivity contribution in [3.63, 3.8) is 0 Å². The lowest BCUT2D eigenvalue weighted by atomic mass is 10.1. The van der Waals surface area contributed by atoms with Gasteiger partial charge < -0.3 is 0 Å². The molecule has 0 aliphatic rings. The third-order valence-electron chi connectivity index (χ3n) is 3.46. The Morgan fingerprint density at radius 3 is 1.90 bits per heavy atom. The molecule has 0 unspecified atom stereocenters. The molecule has 1 N–H and O–H groups in total. The Balaban J connectivity index is 2.25. The highest BCUT2D eigenvalue weighted by Crippen LogP contribution is 2.21. The van der Waals surface area contributed by atoms with Crippen molar-refractivity contribution in [1.82, 2.24) is 4.72 Å². The highest BCUT2D eigenvalue weighted by Gasteiger charge is 2.19. The molecule has 112 valence electrons. The van der Waals surface area contributed by atoms with Gasteiger partial charge >= 0.3 is 0 Å². The Hall–Kier alpha value is -1.65. The second-order valence-corrected chi connectivity index (χ2v) is 7.24. The standard InChI is InChI=1S/C17H21NO2S/c1-12-5-7-16(8-6-12)11-18-21(19,20)17-14(3)9-13(2)10-15(17)4/h5-10,18H,11H2,1-4H3. The predicted octanol–water partition coefficient (Wildman–Crippen LogP) is 3.40. The number of nitrogens with one attached hydrogen (secondary N) is 1. The van der Waals surface area contributed by atoms with Crippen LogP contribution in [0.3, 0.4) is 0 Å². The number of hydrogen-bond acceptors (Lipinski definition) is 2. The van der Waals surface area contributed by atoms with E-state index in [9.17, 15) is 8.42 Å². The SMILES string of the molecule is Cc1ccc(CNS(=O)(=O)c2c(C)cc(C)cc2C)cc1. The number of benzene rings is 2. The van der Waals surface area contributed by atoms with E-state index in [0.717, 1.165) is 27.8 Å². The lowest BCUT2D eigenvalue weighted by Crippen LogP contribution is -2.25. The summed E-state index contributed by atoms with van der Waals surface area (Å²) in [5, 5.41) is 0. The minimum Gasteiger partial charge on any atom is -0.207 e. The summed E-state index contributed by atoms with van der Waals surface area (Å²) in [6.45, 7) is 7.94. The summed E-state index contributed by atoms with van der Waals surface area (Å²) in [5.41, 5.74) is 4.74. The van der Waals surface area contributed by atoms with E-state index in [1.807, 2.05) is 64.1 Å². The van der Waals surface area contributed by atoms with E-state index in [4.69, 9.17) is 0 Å². The van der Waals surface area contributed by atoms with Crippen LogP contribution in [-0.4, -0.2) is 8.42 Å². The lowest BCUT2D eigenvalue weighted by molar-refractivity contribution is 0.580. The molecule has 4 heteroatoms. The van der Waals surface area contributed by atoms with Crippen molar-refractivity contribution in [2.24, 2.45) is 0 Å². The molecule has 2 aromatic carbocycles. The number of aryl methyl sites for hydroxylation is 4. The van der Waals surface area contributed by atoms with Crippen molar-refractivity contribution in [2.75, 3.05) is 0 Å². The Bertz CT molecular complexity index is 724. The van der Waals surface area contributed by atoms with Crippen molar-refractivity contribution < 1.29 is 8.42 Å². The van der Waals surface area contributed by atoms with Crippen LogP contribution in [0.1, 0.15) is 27.8 Å². The van der Waals surface area contributed by atoms with E-state index in [0.29, 0.717) is 11.4 Å². The zero-order chi connectivity index (χ0) is 15.6. The second kappa shape index (κ2) is 6.00. The smallest absolute Gasteiger partial charge is 0.207 e. The fraction of sp³-hybridized carbons (Fsp3) is 0.294. The van der Waals surface area contributed by atoms with Gasteiger partial charge in [0, 0.05) is 6.54 Å². The number of hydrogen-bond donors (Lipinski definition) is 1. The van der Waals surface area contributed by atoms with E-state index < -0.39 is 10.0 Å². The molecule has 0 saturated heterocycles. The van der Waals surface area contributed by atoms with Crippen LogP contribution in [0.4, 0.5) is 0 Å². The fourth-order valence-electron chi connectivity index (χ4n) is 2.55. The van der Waals surface area contributed by atoms with E-state index in [1.54, 1.807) is 0 Å². The van der Waals surface area contributed by atoms with Gasteiger partial charge in [-0.1, -0.05) is 47.5 Å². The van der Waals surface area contributed by atoms with Crippen LogP contribution < -0.4 is 4.72 Å². The lowest BCUT2D eigenvalue weighted by Gasteiger charge is -2.13. The maximum absolute atomic E-state index is 12.5. The molecule has 0 saturated carbocycles. The van der Waals surface area contributed by atoms with Gasteiger partial charge in [0.15, 0.2) is 0 Å². The van der Waals surface area contributed by atoms with Crippen molar-refractivity contribution in [3.8, 4) is 0 Å². The van der Waals surface area contributed by atoms with Crippen LogP contribution in [-0.2, 0) is 16.6 Å². The van der Waals surface area contributed by atoms with Crippen molar-refractivity contribution in [1.29, 1.82) is 0 Å². The highest BCUT2D eigenvalue weighted by molar-refractivity contribution is 7.89. The van der Waals surface area contributed by atoms with Gasteiger partial charge in [-0.05, 0) is 44.4 Å². The number of rotatable bonds is 4. The van der Waals surface area contributed by atoms with E-state index >= 15 is 0 Å². The molecular formula is C17H21NO2S. The third kappa shape index (κ3) is 3.71. The molecule has 0 heterocycles. The Labute approximate surface area is 127 Å². The Morgan fingerprint density at radius 2 is 1.38 bits per heavy atom. The summed E-state index contributed by atoms with van der Waals surface area (Å²) >= 11 is 0. The fourth-order valence-corrected chi connectivity index (χ4v) is 4.01. The van der Waals surface area contributed by atoms with E-state index in [-0.39, 0.29) is 0 Å². The highest BCUT2D eigenvalue weighted by atomic mass is 32.2. The molecule has 0 aliphatic carbocycles. The Kier molecular flexibility index (Phi) is 4.49. The monoisotopic (exact) mass is 303 g/mol. The van der Waals surface area contributed by atoms with E-state index in [2.05, 4.69) is 4.72 Å². The molecule has 0 amide bonds. The van der Waals surface area contributed by atoms with Crippen LogP contribution in [0.5, 0.6) is 0 Å². The van der Waals surface area contributed by atoms with Gasteiger partial charge in [0.05, 0.1) is 4.90 Å². The first kappa shape index (κ1) is 15.7. The van der Waals surface area contributed by atoms with Gasteiger partial charge in [-0.15, -0.1) is 0 Å². The van der Waals surface area contributed by atoms with Gasteiger partial charge in [0.1, 0.15) is 0 Å². The van der Waals surface area contributed by atoms with Crippen LogP contribution in [0.25, 0.3) is 0 Å². The van der Waals surface area contributed by atoms with E-state index in [1.165, 1.54) is 0 Å². The van der Waals surface area contributed by atoms with Crippen molar-refractivity contribution in [2.45, 2.75) is 39.1 Å². The summed E-state index contributed by atoms with van der Waals surface area (Å²) in [6.07, 6.45) is 0. The average molecular weight is 303 g/mol. The minimum atomic E-state index is -3.50. The molecule has 0 radical (unpaired) electrons. The summed E-state index contributed by atoms with van der Waals surface area (Å²) in [7, 11) is -3.50. The van der Waals surface area contributed by atoms with Gasteiger partial charge in [-0.25, -0.2) is 13.1 Å². The molecule has 2 aromatic rings. The van der Waals surface area contributed by atoms with Crippen LogP contribution in [0, 0.1) is 27.7 Å². The zero-order valence-electron chi connectivity index (χ0n) is 12.9. The summed E-state index contributed by atoms with van der Waals surface area (Å²) in [4.78, 5) is 0.389. The average Bonchev–Trinajstić information content (AvgIpc) is 2.36. The largest absolute Gasteiger partial charge is 0.241 e. The normalized spacial score (nSPS) is 11.6. The molecular weight excluding hydrogens is 282 g/mol. The van der Waals surface area contributed by atoms with Crippen LogP contribution >= 0.6 is 0 Å². The third-order valence-corrected chi connectivity index (χ3v) is 5.17. The topological polar surface area (TPSA) is 46.2 Å². The Morgan fingerprint density at radius 1 is 0.857 bits per heavy atom. The molecule has 0 bridgehead atoms. The first-order valence-corrected chi connectivity index (χ1v) is 8.41. The molecule has 0 fully saturated rings. The molecule has 0 spiro atoms. The van der Waals surface area contributed by atoms with Crippen LogP contribution in [0.2, 0.25) is 0 Å². The van der Waals surface area contributed by atoms with Crippen LogP contribution in [0.15, 0.2) is 41.3 Å². The molecule has 21 heavy (non-hydrogen) atoms. The van der Waals surface area contributed by atoms with Gasteiger partial charge in [0.2, 0.25) is 10.0 Å². The molecule has 3 nitrogen and oxygen atoms in total. The molecule has 0 aromatic heterocycles. The molecule has 0 atom stereocenters. The predicted molar refractivity (Wildman–Crippen MR) is 85.9 cm³/mol. The summed E-state index contributed by atoms with van der Waals surface area (Å²) < 4.78 is 27.7. The maximum atomic E-state index is 12.5. The van der Waals surface area contributed by atoms with Gasteiger partial charge in [-0.3, -0.25) is 0 Å². The van der Waals surface area contributed by atoms with Crippen molar-refractivity contribution in [3.05, 3.63) is 64.2 Å². The van der Waals surface area contributed by atoms with Gasteiger partial charge in [-0.2, -0.15) is 0 Å². The summed E-state index contributed by atoms with van der Waals surface area (Å²) in [5.74, 6) is 0.